The largest absolute Gasteiger partial charge is 0.469 e. The quantitative estimate of drug-likeness (QED) is 0.831. The molecule has 2 rings (SSSR count). The molecule has 124 valence electrons. The second kappa shape index (κ2) is 6.95. The van der Waals surface area contributed by atoms with Gasteiger partial charge in [-0.25, -0.2) is 4.98 Å². The molecule has 1 fully saturated rings. The first-order valence-electron chi connectivity index (χ1n) is 7.17. The Balaban J connectivity index is 2.13. The van der Waals surface area contributed by atoms with E-state index in [2.05, 4.69) is 4.98 Å². The van der Waals surface area contributed by atoms with Gasteiger partial charge in [-0.05, 0) is 18.4 Å². The van der Waals surface area contributed by atoms with Crippen molar-refractivity contribution in [3.8, 4) is 0 Å². The van der Waals surface area contributed by atoms with E-state index in [9.17, 15) is 14.4 Å². The molecule has 1 aliphatic rings. The highest BCUT2D eigenvalue weighted by molar-refractivity contribution is 6.33. The zero-order valence-electron chi connectivity index (χ0n) is 12.9. The molecule has 8 heteroatoms. The molecule has 0 spiro atoms. The van der Waals surface area contributed by atoms with Crippen LogP contribution in [0.4, 0.5) is 0 Å². The molecular weight excluding hydrogens is 322 g/mol. The summed E-state index contributed by atoms with van der Waals surface area (Å²) in [7, 11) is 1.36. The van der Waals surface area contributed by atoms with Crippen molar-refractivity contribution in [1.82, 2.24) is 9.88 Å². The number of ether oxygens (including phenoxy) is 1. The number of likely N-dealkylation sites (tertiary alicyclic amines) is 1. The Kier molecular flexibility index (Phi) is 5.20. The van der Waals surface area contributed by atoms with Gasteiger partial charge in [0.05, 0.1) is 23.6 Å². The van der Waals surface area contributed by atoms with Gasteiger partial charge in [0.1, 0.15) is 5.69 Å². The average molecular weight is 340 g/mol. The highest BCUT2D eigenvalue weighted by Crippen LogP contribution is 2.26. The molecule has 2 heterocycles. The number of pyridine rings is 1. The van der Waals surface area contributed by atoms with Gasteiger partial charge in [0.2, 0.25) is 5.91 Å². The van der Waals surface area contributed by atoms with Crippen LogP contribution in [0.15, 0.2) is 12.3 Å². The molecule has 2 unspecified atom stereocenters. The van der Waals surface area contributed by atoms with Crippen molar-refractivity contribution in [3.63, 3.8) is 0 Å². The maximum Gasteiger partial charge on any atom is 0.309 e. The highest BCUT2D eigenvalue weighted by Gasteiger charge is 2.34. The fourth-order valence-corrected chi connectivity index (χ4v) is 2.96. The van der Waals surface area contributed by atoms with Crippen LogP contribution >= 0.6 is 11.6 Å². The lowest BCUT2D eigenvalue weighted by atomic mass is 9.87. The fourth-order valence-electron chi connectivity index (χ4n) is 2.71. The molecule has 1 aromatic rings. The molecule has 0 bridgehead atoms. The van der Waals surface area contributed by atoms with Crippen molar-refractivity contribution in [1.29, 1.82) is 0 Å². The number of aromatic nitrogens is 1. The van der Waals surface area contributed by atoms with Crippen molar-refractivity contribution in [2.24, 2.45) is 17.6 Å². The van der Waals surface area contributed by atoms with Gasteiger partial charge in [-0.1, -0.05) is 18.5 Å². The van der Waals surface area contributed by atoms with Crippen LogP contribution in [0.2, 0.25) is 5.02 Å². The summed E-state index contributed by atoms with van der Waals surface area (Å²) in [5.74, 6) is -1.49. The van der Waals surface area contributed by atoms with Gasteiger partial charge in [-0.3, -0.25) is 14.4 Å². The van der Waals surface area contributed by atoms with E-state index in [0.717, 1.165) is 0 Å². The van der Waals surface area contributed by atoms with E-state index in [1.54, 1.807) is 4.90 Å². The average Bonchev–Trinajstić information content (AvgIpc) is 2.53. The lowest BCUT2D eigenvalue weighted by molar-refractivity contribution is -0.148. The topological polar surface area (TPSA) is 103 Å². The Bertz CT molecular complexity index is 650. The number of hydrogen-bond acceptors (Lipinski definition) is 5. The van der Waals surface area contributed by atoms with E-state index in [1.165, 1.54) is 19.4 Å². The van der Waals surface area contributed by atoms with E-state index >= 15 is 0 Å². The summed E-state index contributed by atoms with van der Waals surface area (Å²) < 4.78 is 4.78. The van der Waals surface area contributed by atoms with Gasteiger partial charge >= 0.3 is 5.97 Å². The summed E-state index contributed by atoms with van der Waals surface area (Å²) in [6.45, 7) is 2.72. The van der Waals surface area contributed by atoms with Crippen LogP contribution in [0, 0.1) is 11.8 Å². The van der Waals surface area contributed by atoms with E-state index in [4.69, 9.17) is 22.1 Å². The van der Waals surface area contributed by atoms with Crippen LogP contribution in [-0.4, -0.2) is 47.9 Å². The number of methoxy groups -OCH3 is 1. The van der Waals surface area contributed by atoms with Gasteiger partial charge in [-0.2, -0.15) is 0 Å². The summed E-state index contributed by atoms with van der Waals surface area (Å²) in [6.07, 6.45) is 1.75. The second-order valence-electron chi connectivity index (χ2n) is 5.57. The van der Waals surface area contributed by atoms with Crippen molar-refractivity contribution in [2.45, 2.75) is 13.3 Å². The Labute approximate surface area is 138 Å². The molecule has 1 saturated heterocycles. The molecular formula is C15H18ClN3O4. The molecule has 0 radical (unpaired) electrons. The van der Waals surface area contributed by atoms with Gasteiger partial charge in [-0.15, -0.1) is 0 Å². The van der Waals surface area contributed by atoms with Crippen LogP contribution < -0.4 is 5.73 Å². The van der Waals surface area contributed by atoms with Crippen molar-refractivity contribution in [2.75, 3.05) is 20.2 Å². The molecule has 0 saturated carbocycles. The van der Waals surface area contributed by atoms with Gasteiger partial charge in [0.15, 0.2) is 0 Å². The molecule has 23 heavy (non-hydrogen) atoms. The standard InChI is InChI=1S/C15H18ClN3O4/c1-8-7-19(4-3-10(8)15(22)23-2)14(21)12-11(16)5-9(6-18-12)13(17)20/h5-6,8,10H,3-4,7H2,1-2H3,(H2,17,20). The van der Waals surface area contributed by atoms with E-state index < -0.39 is 5.91 Å². The maximum absolute atomic E-state index is 12.5. The van der Waals surface area contributed by atoms with Crippen LogP contribution in [0.3, 0.4) is 0 Å². The van der Waals surface area contributed by atoms with Crippen LogP contribution in [-0.2, 0) is 9.53 Å². The normalized spacial score (nSPS) is 20.9. The predicted octanol–water partition coefficient (Wildman–Crippen LogP) is 1.11. The molecule has 2 N–H and O–H groups in total. The first-order chi connectivity index (χ1) is 10.8. The smallest absolute Gasteiger partial charge is 0.309 e. The molecule has 2 amide bonds. The van der Waals surface area contributed by atoms with Gasteiger partial charge in [0.25, 0.3) is 5.91 Å². The first-order valence-corrected chi connectivity index (χ1v) is 7.55. The van der Waals surface area contributed by atoms with Crippen molar-refractivity contribution in [3.05, 3.63) is 28.5 Å². The predicted molar refractivity (Wildman–Crippen MR) is 83.0 cm³/mol. The Morgan fingerprint density at radius 2 is 2.13 bits per heavy atom. The number of esters is 1. The van der Waals surface area contributed by atoms with Gasteiger partial charge in [0, 0.05) is 19.3 Å². The molecule has 2 atom stereocenters. The zero-order valence-corrected chi connectivity index (χ0v) is 13.7. The highest BCUT2D eigenvalue weighted by atomic mass is 35.5. The number of amides is 2. The number of rotatable bonds is 3. The number of primary amides is 1. The Morgan fingerprint density at radius 1 is 1.43 bits per heavy atom. The summed E-state index contributed by atoms with van der Waals surface area (Å²) in [5.41, 5.74) is 5.36. The Hall–Kier alpha value is -2.15. The zero-order chi connectivity index (χ0) is 17.1. The number of carbonyl (C=O) groups excluding carboxylic acids is 3. The monoisotopic (exact) mass is 339 g/mol. The summed E-state index contributed by atoms with van der Waals surface area (Å²) in [6, 6.07) is 1.33. The number of nitrogens with two attached hydrogens (primary N) is 1. The third-order valence-electron chi connectivity index (χ3n) is 4.02. The number of piperidine rings is 1. The molecule has 0 aliphatic carbocycles. The number of halogens is 1. The molecule has 1 aliphatic heterocycles. The van der Waals surface area contributed by atoms with Crippen LogP contribution in [0.5, 0.6) is 0 Å². The molecule has 0 aromatic carbocycles. The van der Waals surface area contributed by atoms with E-state index in [1.807, 2.05) is 6.92 Å². The second-order valence-corrected chi connectivity index (χ2v) is 5.97. The molecule has 7 nitrogen and oxygen atoms in total. The minimum Gasteiger partial charge on any atom is -0.469 e. The van der Waals surface area contributed by atoms with E-state index in [0.29, 0.717) is 19.5 Å². The minimum atomic E-state index is -0.661. The fraction of sp³-hybridized carbons (Fsp3) is 0.467. The minimum absolute atomic E-state index is 0.0242. The maximum atomic E-state index is 12.5. The van der Waals surface area contributed by atoms with Crippen LogP contribution in [0.25, 0.3) is 0 Å². The van der Waals surface area contributed by atoms with Gasteiger partial charge < -0.3 is 15.4 Å². The first kappa shape index (κ1) is 17.2. The third kappa shape index (κ3) is 3.61. The summed E-state index contributed by atoms with van der Waals surface area (Å²) in [5, 5.41) is 0.0778. The number of hydrogen-bond donors (Lipinski definition) is 1. The van der Waals surface area contributed by atoms with Crippen molar-refractivity contribution < 1.29 is 19.1 Å². The SMILES string of the molecule is COC(=O)C1CCN(C(=O)c2ncc(C(N)=O)cc2Cl)CC1C. The van der Waals surface area contributed by atoms with E-state index in [-0.39, 0.29) is 40.0 Å². The summed E-state index contributed by atoms with van der Waals surface area (Å²) in [4.78, 5) is 40.9. The van der Waals surface area contributed by atoms with Crippen LogP contribution in [0.1, 0.15) is 34.2 Å². The third-order valence-corrected chi connectivity index (χ3v) is 4.31. The summed E-state index contributed by atoms with van der Waals surface area (Å²) >= 11 is 6.03. The Morgan fingerprint density at radius 3 is 2.65 bits per heavy atom. The number of carbonyl (C=O) groups is 3. The number of nitrogens with zero attached hydrogens (tertiary/aromatic N) is 2. The lowest BCUT2D eigenvalue weighted by Gasteiger charge is -2.35. The lowest BCUT2D eigenvalue weighted by Crippen LogP contribution is -2.45. The van der Waals surface area contributed by atoms with Crippen molar-refractivity contribution >= 4 is 29.4 Å². The molecule has 1 aromatic heterocycles.